The maximum atomic E-state index is 12.3. The van der Waals surface area contributed by atoms with Gasteiger partial charge < -0.3 is 9.47 Å². The molecule has 0 radical (unpaired) electrons. The van der Waals surface area contributed by atoms with Gasteiger partial charge in [-0.15, -0.1) is 0 Å². The number of esters is 2. The van der Waals surface area contributed by atoms with Crippen LogP contribution >= 0.6 is 0 Å². The number of ether oxygens (including phenoxy) is 2. The molecule has 4 rings (SSSR count). The molecule has 0 N–H and O–H groups in total. The molecule has 5 nitrogen and oxygen atoms in total. The summed E-state index contributed by atoms with van der Waals surface area (Å²) in [7, 11) is 0. The number of carbonyl (C=O) groups excluding carboxylic acids is 3. The molecule has 0 aromatic rings. The van der Waals surface area contributed by atoms with Gasteiger partial charge in [-0.3, -0.25) is 9.59 Å². The van der Waals surface area contributed by atoms with Crippen LogP contribution in [-0.2, 0) is 23.9 Å². The Hall–Kier alpha value is -1.65. The Morgan fingerprint density at radius 3 is 2.76 bits per heavy atom. The molecule has 4 aliphatic rings. The van der Waals surface area contributed by atoms with E-state index in [4.69, 9.17) is 9.47 Å². The van der Waals surface area contributed by atoms with E-state index in [1.54, 1.807) is 6.92 Å². The summed E-state index contributed by atoms with van der Waals surface area (Å²) in [6, 6.07) is 0. The van der Waals surface area contributed by atoms with Crippen LogP contribution in [-0.4, -0.2) is 30.4 Å². The van der Waals surface area contributed by atoms with Crippen molar-refractivity contribution in [2.45, 2.75) is 110 Å². The average molecular weight is 473 g/mol. The number of hydrogen-bond donors (Lipinski definition) is 0. The highest BCUT2D eigenvalue weighted by Gasteiger charge is 2.54. The van der Waals surface area contributed by atoms with Gasteiger partial charge in [0.1, 0.15) is 0 Å². The lowest BCUT2D eigenvalue weighted by atomic mass is 9.52. The van der Waals surface area contributed by atoms with E-state index in [2.05, 4.69) is 13.8 Å². The summed E-state index contributed by atoms with van der Waals surface area (Å²) in [6.07, 6.45) is 14.5. The quantitative estimate of drug-likeness (QED) is 0.296. The Balaban J connectivity index is 1.24. The van der Waals surface area contributed by atoms with E-state index in [1.165, 1.54) is 37.7 Å². The second-order valence-electron chi connectivity index (χ2n) is 11.8. The number of hydrogen-bond acceptors (Lipinski definition) is 5. The first kappa shape index (κ1) is 25.4. The van der Waals surface area contributed by atoms with E-state index in [0.717, 1.165) is 62.7 Å². The van der Waals surface area contributed by atoms with Gasteiger partial charge in [0, 0.05) is 12.8 Å². The Morgan fingerprint density at radius 2 is 1.97 bits per heavy atom. The second-order valence-corrected chi connectivity index (χ2v) is 11.8. The van der Waals surface area contributed by atoms with Crippen molar-refractivity contribution >= 4 is 17.7 Å². The molecule has 190 valence electrons. The highest BCUT2D eigenvalue weighted by atomic mass is 16.6. The molecule has 0 heterocycles. The van der Waals surface area contributed by atoms with Gasteiger partial charge in [-0.05, 0) is 106 Å². The number of carbonyl (C=O) groups is 3. The highest BCUT2D eigenvalue weighted by molar-refractivity contribution is 5.91. The molecular formula is C29H44O5. The molecule has 0 aromatic carbocycles. The number of fused-ring (bicyclic) bond motifs is 5. The number of ketones is 1. The topological polar surface area (TPSA) is 69.7 Å². The fourth-order valence-corrected chi connectivity index (χ4v) is 7.88. The minimum absolute atomic E-state index is 0.312. The molecule has 3 saturated carbocycles. The minimum atomic E-state index is -0.828. The van der Waals surface area contributed by atoms with Gasteiger partial charge in [0.15, 0.2) is 11.9 Å². The third kappa shape index (κ3) is 5.60. The van der Waals surface area contributed by atoms with Gasteiger partial charge in [0.2, 0.25) is 0 Å². The lowest BCUT2D eigenvalue weighted by Gasteiger charge is -2.52. The third-order valence-electron chi connectivity index (χ3n) is 9.56. The van der Waals surface area contributed by atoms with Crippen molar-refractivity contribution in [1.82, 2.24) is 0 Å². The summed E-state index contributed by atoms with van der Waals surface area (Å²) in [4.78, 5) is 36.1. The molecule has 0 bridgehead atoms. The summed E-state index contributed by atoms with van der Waals surface area (Å²) in [5, 5.41) is 0. The average Bonchev–Trinajstić information content (AvgIpc) is 3.15. The van der Waals surface area contributed by atoms with Gasteiger partial charge in [-0.25, -0.2) is 4.79 Å². The smallest absolute Gasteiger partial charge is 0.347 e. The first-order valence-electron chi connectivity index (χ1n) is 13.9. The molecule has 0 saturated heterocycles. The summed E-state index contributed by atoms with van der Waals surface area (Å²) in [5.41, 5.74) is 1.85. The molecule has 0 spiro atoms. The van der Waals surface area contributed by atoms with Crippen molar-refractivity contribution < 1.29 is 23.9 Å². The predicted molar refractivity (Wildman–Crippen MR) is 131 cm³/mol. The molecule has 34 heavy (non-hydrogen) atoms. The van der Waals surface area contributed by atoms with E-state index in [9.17, 15) is 14.4 Å². The molecule has 0 aliphatic heterocycles. The highest BCUT2D eigenvalue weighted by Crippen LogP contribution is 2.63. The molecule has 4 aliphatic carbocycles. The van der Waals surface area contributed by atoms with Crippen LogP contribution in [0.2, 0.25) is 0 Å². The van der Waals surface area contributed by atoms with E-state index >= 15 is 0 Å². The molecule has 0 aromatic heterocycles. The zero-order valence-electron chi connectivity index (χ0n) is 21.5. The van der Waals surface area contributed by atoms with Gasteiger partial charge in [-0.2, -0.15) is 0 Å². The van der Waals surface area contributed by atoms with Crippen LogP contribution in [0.25, 0.3) is 0 Å². The monoisotopic (exact) mass is 472 g/mol. The Bertz CT molecular complexity index is 800. The van der Waals surface area contributed by atoms with Crippen LogP contribution in [0.1, 0.15) is 104 Å². The van der Waals surface area contributed by atoms with Crippen LogP contribution in [0.5, 0.6) is 0 Å². The standard InChI is InChI=1S/C29H44O5/c1-4-5-6-7-27(31)34-19(2)28(32)33-15-13-20-16-26-25-10-8-21-17-22(30)9-11-23(21)24(25)12-14-29(26,3)18-20/h17,19-20,23-26H,4-16,18H2,1-3H3/t19?,20-,23-,24+,25+,26-,29+/m0/s1. The van der Waals surface area contributed by atoms with Crippen molar-refractivity contribution in [3.8, 4) is 0 Å². The number of allylic oxidation sites excluding steroid dienone is 1. The third-order valence-corrected chi connectivity index (χ3v) is 9.56. The SMILES string of the molecule is CCCCCC(=O)OC(C)C(=O)OCC[C@H]1C[C@H]2[C@@H]3CCC4=CC(=O)CC[C@@H]4[C@H]3CC[C@]2(C)C1. The van der Waals surface area contributed by atoms with Crippen LogP contribution in [0.4, 0.5) is 0 Å². The maximum absolute atomic E-state index is 12.3. The molecule has 5 heteroatoms. The fourth-order valence-electron chi connectivity index (χ4n) is 7.88. The molecule has 3 fully saturated rings. The van der Waals surface area contributed by atoms with E-state index in [-0.39, 0.29) is 5.97 Å². The summed E-state index contributed by atoms with van der Waals surface area (Å²) in [6.45, 7) is 6.60. The zero-order valence-corrected chi connectivity index (χ0v) is 21.5. The van der Waals surface area contributed by atoms with Gasteiger partial charge in [-0.1, -0.05) is 32.3 Å². The maximum Gasteiger partial charge on any atom is 0.347 e. The van der Waals surface area contributed by atoms with Crippen molar-refractivity contribution in [3.05, 3.63) is 11.6 Å². The van der Waals surface area contributed by atoms with E-state index in [1.807, 2.05) is 6.08 Å². The molecular weight excluding hydrogens is 428 g/mol. The molecule has 1 unspecified atom stereocenters. The van der Waals surface area contributed by atoms with Crippen molar-refractivity contribution in [1.29, 1.82) is 0 Å². The van der Waals surface area contributed by atoms with Crippen LogP contribution in [0, 0.1) is 35.0 Å². The van der Waals surface area contributed by atoms with Gasteiger partial charge >= 0.3 is 11.9 Å². The number of unbranched alkanes of at least 4 members (excludes halogenated alkanes) is 2. The van der Waals surface area contributed by atoms with Crippen LogP contribution in [0.3, 0.4) is 0 Å². The van der Waals surface area contributed by atoms with Gasteiger partial charge in [0.25, 0.3) is 0 Å². The predicted octanol–water partition coefficient (Wildman–Crippen LogP) is 6.19. The molecule has 7 atom stereocenters. The summed E-state index contributed by atoms with van der Waals surface area (Å²) < 4.78 is 10.8. The van der Waals surface area contributed by atoms with Crippen LogP contribution < -0.4 is 0 Å². The second kappa shape index (κ2) is 11.0. The Morgan fingerprint density at radius 1 is 1.15 bits per heavy atom. The first-order valence-corrected chi connectivity index (χ1v) is 13.9. The van der Waals surface area contributed by atoms with Crippen LogP contribution in [0.15, 0.2) is 11.6 Å². The van der Waals surface area contributed by atoms with Crippen molar-refractivity contribution in [2.24, 2.45) is 35.0 Å². The normalized spacial score (nSPS) is 35.4. The Kier molecular flexibility index (Phi) is 8.20. The lowest BCUT2D eigenvalue weighted by molar-refractivity contribution is -0.166. The van der Waals surface area contributed by atoms with Crippen molar-refractivity contribution in [3.63, 3.8) is 0 Å². The van der Waals surface area contributed by atoms with Crippen molar-refractivity contribution in [2.75, 3.05) is 6.61 Å². The minimum Gasteiger partial charge on any atom is -0.463 e. The number of rotatable bonds is 9. The largest absolute Gasteiger partial charge is 0.463 e. The molecule has 0 amide bonds. The first-order chi connectivity index (χ1) is 16.3. The van der Waals surface area contributed by atoms with E-state index in [0.29, 0.717) is 36.1 Å². The van der Waals surface area contributed by atoms with Gasteiger partial charge in [0.05, 0.1) is 6.61 Å². The Labute approximate surface area is 205 Å². The summed E-state index contributed by atoms with van der Waals surface area (Å²) >= 11 is 0. The summed E-state index contributed by atoms with van der Waals surface area (Å²) in [5.74, 6) is 3.14. The zero-order chi connectivity index (χ0) is 24.3. The fraction of sp³-hybridized carbons (Fsp3) is 0.828. The van der Waals surface area contributed by atoms with E-state index < -0.39 is 12.1 Å². The lowest BCUT2D eigenvalue weighted by Crippen LogP contribution is -2.44.